The van der Waals surface area contributed by atoms with Gasteiger partial charge in [0.1, 0.15) is 5.75 Å². The molecular weight excluding hydrogens is 242 g/mol. The molecule has 1 aromatic carbocycles. The maximum absolute atomic E-state index is 10.9. The van der Waals surface area contributed by atoms with Crippen molar-refractivity contribution in [3.05, 3.63) is 28.8 Å². The molecule has 0 saturated carbocycles. The first-order valence-electron chi connectivity index (χ1n) is 5.31. The molecule has 94 valence electrons. The third-order valence-electron chi connectivity index (χ3n) is 2.40. The van der Waals surface area contributed by atoms with E-state index in [1.54, 1.807) is 32.0 Å². The zero-order chi connectivity index (χ0) is 13.0. The van der Waals surface area contributed by atoms with Crippen LogP contribution in [0.3, 0.4) is 0 Å². The second-order valence-corrected chi connectivity index (χ2v) is 4.41. The Morgan fingerprint density at radius 2 is 2.18 bits per heavy atom. The van der Waals surface area contributed by atoms with Gasteiger partial charge >= 0.3 is 0 Å². The molecule has 0 radical (unpaired) electrons. The summed E-state index contributed by atoms with van der Waals surface area (Å²) in [6, 6.07) is 4.96. The van der Waals surface area contributed by atoms with Crippen molar-refractivity contribution in [1.29, 1.82) is 0 Å². The number of hydrogen-bond donors (Lipinski definition) is 2. The summed E-state index contributed by atoms with van der Waals surface area (Å²) in [5, 5.41) is 10.1. The zero-order valence-corrected chi connectivity index (χ0v) is 10.6. The maximum atomic E-state index is 10.9. The molecule has 1 rings (SSSR count). The van der Waals surface area contributed by atoms with Crippen molar-refractivity contribution in [3.8, 4) is 5.75 Å². The van der Waals surface area contributed by atoms with Gasteiger partial charge in [-0.1, -0.05) is 18.5 Å². The molecular formula is C12H16ClNO3. The number of aliphatic hydroxyl groups excluding tert-OH is 1. The summed E-state index contributed by atoms with van der Waals surface area (Å²) in [4.78, 5) is 10.9. The van der Waals surface area contributed by atoms with E-state index in [1.165, 1.54) is 0 Å². The van der Waals surface area contributed by atoms with Crippen LogP contribution in [0.25, 0.3) is 0 Å². The molecule has 0 aliphatic carbocycles. The largest absolute Gasteiger partial charge is 0.492 e. The van der Waals surface area contributed by atoms with Gasteiger partial charge < -0.3 is 15.6 Å². The van der Waals surface area contributed by atoms with Crippen molar-refractivity contribution < 1.29 is 14.6 Å². The van der Waals surface area contributed by atoms with Gasteiger partial charge in [0.05, 0.1) is 18.6 Å². The average Bonchev–Trinajstić information content (AvgIpc) is 2.26. The standard InChI is InChI=1S/C12H16ClNO3/c1-7(12(14)16)6-17-11-4-3-9(13)5-10(11)8(2)15/h3-5,7-8,15H,6H2,1-2H3,(H2,14,16)/t7?,8-/m0/s1. The number of halogens is 1. The van der Waals surface area contributed by atoms with Crippen molar-refractivity contribution in [2.45, 2.75) is 20.0 Å². The van der Waals surface area contributed by atoms with Crippen LogP contribution in [-0.2, 0) is 4.79 Å². The van der Waals surface area contributed by atoms with Crippen molar-refractivity contribution in [3.63, 3.8) is 0 Å². The number of ether oxygens (including phenoxy) is 1. The molecule has 0 aliphatic heterocycles. The van der Waals surface area contributed by atoms with Crippen LogP contribution in [0, 0.1) is 5.92 Å². The van der Waals surface area contributed by atoms with E-state index in [4.69, 9.17) is 22.1 Å². The molecule has 1 aromatic rings. The summed E-state index contributed by atoms with van der Waals surface area (Å²) in [7, 11) is 0. The first-order chi connectivity index (χ1) is 7.91. The van der Waals surface area contributed by atoms with Crippen molar-refractivity contribution >= 4 is 17.5 Å². The van der Waals surface area contributed by atoms with Crippen LogP contribution in [0.5, 0.6) is 5.75 Å². The summed E-state index contributed by atoms with van der Waals surface area (Å²) in [6.07, 6.45) is -0.687. The molecule has 0 fully saturated rings. The van der Waals surface area contributed by atoms with Gasteiger partial charge in [-0.15, -0.1) is 0 Å². The second kappa shape index (κ2) is 5.89. The Balaban J connectivity index is 2.80. The van der Waals surface area contributed by atoms with E-state index >= 15 is 0 Å². The van der Waals surface area contributed by atoms with Crippen LogP contribution in [0.2, 0.25) is 5.02 Å². The van der Waals surface area contributed by atoms with E-state index in [1.807, 2.05) is 0 Å². The first-order valence-corrected chi connectivity index (χ1v) is 5.69. The van der Waals surface area contributed by atoms with Crippen LogP contribution >= 0.6 is 11.6 Å². The maximum Gasteiger partial charge on any atom is 0.223 e. The predicted molar refractivity (Wildman–Crippen MR) is 65.9 cm³/mol. The molecule has 0 heterocycles. The van der Waals surface area contributed by atoms with E-state index in [0.29, 0.717) is 16.3 Å². The van der Waals surface area contributed by atoms with E-state index in [0.717, 1.165) is 0 Å². The highest BCUT2D eigenvalue weighted by molar-refractivity contribution is 6.30. The first kappa shape index (κ1) is 13.8. The van der Waals surface area contributed by atoms with Crippen LogP contribution in [0.1, 0.15) is 25.5 Å². The van der Waals surface area contributed by atoms with Gasteiger partial charge in [-0.25, -0.2) is 0 Å². The minimum absolute atomic E-state index is 0.177. The number of hydrogen-bond acceptors (Lipinski definition) is 3. The number of nitrogens with two attached hydrogens (primary N) is 1. The molecule has 0 aliphatic rings. The molecule has 17 heavy (non-hydrogen) atoms. The van der Waals surface area contributed by atoms with Gasteiger partial charge in [-0.3, -0.25) is 4.79 Å². The zero-order valence-electron chi connectivity index (χ0n) is 9.81. The highest BCUT2D eigenvalue weighted by Crippen LogP contribution is 2.28. The van der Waals surface area contributed by atoms with Crippen LogP contribution in [0.15, 0.2) is 18.2 Å². The summed E-state index contributed by atoms with van der Waals surface area (Å²) >= 11 is 5.83. The Kier molecular flexibility index (Phi) is 4.78. The minimum atomic E-state index is -0.687. The average molecular weight is 258 g/mol. The smallest absolute Gasteiger partial charge is 0.223 e. The second-order valence-electron chi connectivity index (χ2n) is 3.97. The molecule has 0 saturated heterocycles. The predicted octanol–water partition coefficient (Wildman–Crippen LogP) is 1.89. The van der Waals surface area contributed by atoms with Crippen LogP contribution in [-0.4, -0.2) is 17.6 Å². The Labute approximate surface area is 105 Å². The van der Waals surface area contributed by atoms with Gasteiger partial charge in [-0.2, -0.15) is 0 Å². The number of rotatable bonds is 5. The lowest BCUT2D eigenvalue weighted by molar-refractivity contribution is -0.122. The van der Waals surface area contributed by atoms with E-state index in [-0.39, 0.29) is 12.5 Å². The molecule has 0 bridgehead atoms. The van der Waals surface area contributed by atoms with Crippen LogP contribution < -0.4 is 10.5 Å². The normalized spacial score (nSPS) is 14.1. The van der Waals surface area contributed by atoms with Gasteiger partial charge in [0.15, 0.2) is 0 Å². The number of primary amides is 1. The molecule has 0 aromatic heterocycles. The third kappa shape index (κ3) is 3.91. The monoisotopic (exact) mass is 257 g/mol. The van der Waals surface area contributed by atoms with Crippen molar-refractivity contribution in [2.75, 3.05) is 6.61 Å². The minimum Gasteiger partial charge on any atom is -0.492 e. The highest BCUT2D eigenvalue weighted by atomic mass is 35.5. The molecule has 5 heteroatoms. The fourth-order valence-corrected chi connectivity index (χ4v) is 1.45. The molecule has 4 nitrogen and oxygen atoms in total. The van der Waals surface area contributed by atoms with E-state index in [2.05, 4.69) is 0 Å². The number of benzene rings is 1. The van der Waals surface area contributed by atoms with Crippen LogP contribution in [0.4, 0.5) is 0 Å². The summed E-state index contributed by atoms with van der Waals surface area (Å²) in [6.45, 7) is 3.48. The molecule has 1 amide bonds. The van der Waals surface area contributed by atoms with Crippen molar-refractivity contribution in [1.82, 2.24) is 0 Å². The van der Waals surface area contributed by atoms with Gasteiger partial charge in [0.25, 0.3) is 0 Å². The molecule has 3 N–H and O–H groups in total. The van der Waals surface area contributed by atoms with Gasteiger partial charge in [0.2, 0.25) is 5.91 Å². The summed E-state index contributed by atoms with van der Waals surface area (Å²) < 4.78 is 5.46. The summed E-state index contributed by atoms with van der Waals surface area (Å²) in [5.74, 6) is -0.289. The van der Waals surface area contributed by atoms with Gasteiger partial charge in [-0.05, 0) is 25.1 Å². The fourth-order valence-electron chi connectivity index (χ4n) is 1.27. The van der Waals surface area contributed by atoms with Crippen molar-refractivity contribution in [2.24, 2.45) is 11.7 Å². The Morgan fingerprint density at radius 3 is 2.71 bits per heavy atom. The van der Waals surface area contributed by atoms with E-state index < -0.39 is 12.0 Å². The summed E-state index contributed by atoms with van der Waals surface area (Å²) in [5.41, 5.74) is 5.72. The number of carbonyl (C=O) groups excluding carboxylic acids is 1. The number of aliphatic hydroxyl groups is 1. The lowest BCUT2D eigenvalue weighted by Crippen LogP contribution is -2.26. The number of carbonyl (C=O) groups is 1. The third-order valence-corrected chi connectivity index (χ3v) is 2.63. The fraction of sp³-hybridized carbons (Fsp3) is 0.417. The topological polar surface area (TPSA) is 72.6 Å². The Morgan fingerprint density at radius 1 is 1.53 bits per heavy atom. The SMILES string of the molecule is CC(COc1ccc(Cl)cc1[C@H](C)O)C(N)=O. The lowest BCUT2D eigenvalue weighted by atomic mass is 10.1. The number of amides is 1. The Hall–Kier alpha value is -1.26. The van der Waals surface area contributed by atoms with Gasteiger partial charge in [0, 0.05) is 10.6 Å². The van der Waals surface area contributed by atoms with E-state index in [9.17, 15) is 9.90 Å². The molecule has 1 unspecified atom stereocenters. The lowest BCUT2D eigenvalue weighted by Gasteiger charge is -2.15. The highest BCUT2D eigenvalue weighted by Gasteiger charge is 2.13. The molecule has 2 atom stereocenters. The Bertz CT molecular complexity index is 407. The molecule has 0 spiro atoms. The quantitative estimate of drug-likeness (QED) is 0.846.